The lowest BCUT2D eigenvalue weighted by atomic mass is 10.0. The molecule has 1 saturated carbocycles. The van der Waals surface area contributed by atoms with E-state index in [1.165, 1.54) is 57.8 Å². The highest BCUT2D eigenvalue weighted by Gasteiger charge is 2.29. The van der Waals surface area contributed by atoms with Crippen LogP contribution in [0.25, 0.3) is 0 Å². The van der Waals surface area contributed by atoms with Crippen molar-refractivity contribution in [1.82, 2.24) is 0 Å². The molecule has 0 heterocycles. The van der Waals surface area contributed by atoms with Gasteiger partial charge in [-0.15, -0.1) is 0 Å². The Bertz CT molecular complexity index is 223. The number of carbonyl (C=O) groups is 1. The molecule has 1 fully saturated rings. The van der Waals surface area contributed by atoms with Gasteiger partial charge in [-0.05, 0) is 25.2 Å². The van der Waals surface area contributed by atoms with Gasteiger partial charge < -0.3 is 5.73 Å². The molecule has 2 heteroatoms. The van der Waals surface area contributed by atoms with Crippen LogP contribution in [0.15, 0.2) is 0 Å². The standard InChI is InChI=1S/C16H31NO/c1-2-3-4-5-6-7-8-9-10-15(18)13-16(17)14-11-12-14/h14,16H,2-13,17H2,1H3. The molecule has 18 heavy (non-hydrogen) atoms. The Morgan fingerprint density at radius 1 is 1.06 bits per heavy atom. The smallest absolute Gasteiger partial charge is 0.134 e. The van der Waals surface area contributed by atoms with E-state index in [4.69, 9.17) is 5.73 Å². The number of nitrogens with two attached hydrogens (primary N) is 1. The van der Waals surface area contributed by atoms with Crippen LogP contribution in [-0.2, 0) is 4.79 Å². The second-order valence-electron chi connectivity index (χ2n) is 5.97. The summed E-state index contributed by atoms with van der Waals surface area (Å²) in [4.78, 5) is 11.7. The van der Waals surface area contributed by atoms with Crippen LogP contribution in [0.2, 0.25) is 0 Å². The molecule has 0 aromatic carbocycles. The van der Waals surface area contributed by atoms with Gasteiger partial charge in [0.05, 0.1) is 0 Å². The number of ketones is 1. The zero-order chi connectivity index (χ0) is 13.2. The van der Waals surface area contributed by atoms with Crippen LogP contribution in [0.5, 0.6) is 0 Å². The van der Waals surface area contributed by atoms with Gasteiger partial charge in [0.1, 0.15) is 5.78 Å². The lowest BCUT2D eigenvalue weighted by Crippen LogP contribution is -2.25. The normalized spacial score (nSPS) is 16.8. The molecule has 2 N–H and O–H groups in total. The number of unbranched alkanes of at least 4 members (excludes halogenated alkanes) is 7. The Morgan fingerprint density at radius 2 is 1.61 bits per heavy atom. The van der Waals surface area contributed by atoms with Gasteiger partial charge in [-0.2, -0.15) is 0 Å². The maximum Gasteiger partial charge on any atom is 0.134 e. The number of Topliss-reactive ketones (excluding diaryl/α,β-unsaturated/α-hetero) is 1. The second-order valence-corrected chi connectivity index (χ2v) is 5.97. The third-order valence-electron chi connectivity index (χ3n) is 4.00. The molecule has 2 nitrogen and oxygen atoms in total. The van der Waals surface area contributed by atoms with E-state index in [1.54, 1.807) is 0 Å². The van der Waals surface area contributed by atoms with Crippen LogP contribution >= 0.6 is 0 Å². The van der Waals surface area contributed by atoms with E-state index in [1.807, 2.05) is 0 Å². The van der Waals surface area contributed by atoms with E-state index in [-0.39, 0.29) is 6.04 Å². The predicted molar refractivity (Wildman–Crippen MR) is 77.6 cm³/mol. The Labute approximate surface area is 113 Å². The summed E-state index contributed by atoms with van der Waals surface area (Å²) in [5, 5.41) is 0. The van der Waals surface area contributed by atoms with E-state index in [2.05, 4.69) is 6.92 Å². The maximum absolute atomic E-state index is 11.7. The van der Waals surface area contributed by atoms with Crippen LogP contribution < -0.4 is 5.73 Å². The van der Waals surface area contributed by atoms with E-state index < -0.39 is 0 Å². The summed E-state index contributed by atoms with van der Waals surface area (Å²) in [6.07, 6.45) is 14.2. The number of hydrogen-bond donors (Lipinski definition) is 1. The minimum Gasteiger partial charge on any atom is -0.327 e. The van der Waals surface area contributed by atoms with Crippen molar-refractivity contribution in [3.8, 4) is 0 Å². The van der Waals surface area contributed by atoms with Crippen molar-refractivity contribution in [2.75, 3.05) is 0 Å². The van der Waals surface area contributed by atoms with Gasteiger partial charge in [-0.3, -0.25) is 4.79 Å². The first kappa shape index (κ1) is 15.7. The first-order valence-electron chi connectivity index (χ1n) is 8.01. The average Bonchev–Trinajstić information content (AvgIpc) is 3.16. The highest BCUT2D eigenvalue weighted by molar-refractivity contribution is 5.79. The summed E-state index contributed by atoms with van der Waals surface area (Å²) in [7, 11) is 0. The van der Waals surface area contributed by atoms with Crippen LogP contribution in [0.3, 0.4) is 0 Å². The Kier molecular flexibility index (Phi) is 8.32. The summed E-state index contributed by atoms with van der Waals surface area (Å²) in [6, 6.07) is 0.159. The molecule has 0 amide bonds. The minimum absolute atomic E-state index is 0.159. The lowest BCUT2D eigenvalue weighted by Gasteiger charge is -2.08. The first-order chi connectivity index (χ1) is 8.74. The van der Waals surface area contributed by atoms with Crippen molar-refractivity contribution in [2.24, 2.45) is 11.7 Å². The summed E-state index contributed by atoms with van der Waals surface area (Å²) >= 11 is 0. The van der Waals surface area contributed by atoms with Crippen LogP contribution in [0, 0.1) is 5.92 Å². The van der Waals surface area contributed by atoms with Crippen molar-refractivity contribution in [1.29, 1.82) is 0 Å². The highest BCUT2D eigenvalue weighted by Crippen LogP contribution is 2.33. The molecule has 0 radical (unpaired) electrons. The fraction of sp³-hybridized carbons (Fsp3) is 0.938. The molecule has 0 spiro atoms. The number of hydrogen-bond acceptors (Lipinski definition) is 2. The molecule has 0 aromatic heterocycles. The largest absolute Gasteiger partial charge is 0.327 e. The highest BCUT2D eigenvalue weighted by atomic mass is 16.1. The molecule has 0 bridgehead atoms. The molecular formula is C16H31NO. The van der Waals surface area contributed by atoms with E-state index in [0.29, 0.717) is 18.1 Å². The molecule has 1 unspecified atom stereocenters. The lowest BCUT2D eigenvalue weighted by molar-refractivity contribution is -0.119. The Balaban J connectivity index is 1.83. The molecule has 1 aliphatic rings. The Hall–Kier alpha value is -0.370. The van der Waals surface area contributed by atoms with Gasteiger partial charge in [-0.25, -0.2) is 0 Å². The van der Waals surface area contributed by atoms with Crippen molar-refractivity contribution in [2.45, 2.75) is 90.0 Å². The number of carbonyl (C=O) groups excluding carboxylic acids is 1. The summed E-state index contributed by atoms with van der Waals surface area (Å²) in [5.41, 5.74) is 5.96. The van der Waals surface area contributed by atoms with Gasteiger partial charge >= 0.3 is 0 Å². The van der Waals surface area contributed by atoms with E-state index >= 15 is 0 Å². The van der Waals surface area contributed by atoms with E-state index in [9.17, 15) is 4.79 Å². The molecule has 106 valence electrons. The monoisotopic (exact) mass is 253 g/mol. The Morgan fingerprint density at radius 3 is 2.17 bits per heavy atom. The van der Waals surface area contributed by atoms with E-state index in [0.717, 1.165) is 12.8 Å². The molecule has 0 aromatic rings. The molecule has 0 saturated heterocycles. The first-order valence-corrected chi connectivity index (χ1v) is 8.01. The predicted octanol–water partition coefficient (Wildman–Crippen LogP) is 4.21. The van der Waals surface area contributed by atoms with Gasteiger partial charge in [-0.1, -0.05) is 51.9 Å². The van der Waals surface area contributed by atoms with Crippen molar-refractivity contribution in [3.63, 3.8) is 0 Å². The number of rotatable bonds is 12. The summed E-state index contributed by atoms with van der Waals surface area (Å²) < 4.78 is 0. The zero-order valence-corrected chi connectivity index (χ0v) is 12.1. The topological polar surface area (TPSA) is 43.1 Å². The zero-order valence-electron chi connectivity index (χ0n) is 12.1. The van der Waals surface area contributed by atoms with Gasteiger partial charge in [0.2, 0.25) is 0 Å². The molecule has 1 atom stereocenters. The molecular weight excluding hydrogens is 222 g/mol. The SMILES string of the molecule is CCCCCCCCCCC(=O)CC(N)C1CC1. The van der Waals surface area contributed by atoms with Crippen molar-refractivity contribution in [3.05, 3.63) is 0 Å². The summed E-state index contributed by atoms with van der Waals surface area (Å²) in [5.74, 6) is 1.05. The quantitative estimate of drug-likeness (QED) is 0.529. The second kappa shape index (κ2) is 9.55. The van der Waals surface area contributed by atoms with Crippen LogP contribution in [-0.4, -0.2) is 11.8 Å². The fourth-order valence-electron chi connectivity index (χ4n) is 2.51. The molecule has 0 aliphatic heterocycles. The van der Waals surface area contributed by atoms with Crippen LogP contribution in [0.1, 0.15) is 84.0 Å². The van der Waals surface area contributed by atoms with Gasteiger partial charge in [0, 0.05) is 18.9 Å². The fourth-order valence-corrected chi connectivity index (χ4v) is 2.51. The maximum atomic E-state index is 11.7. The molecule has 1 rings (SSSR count). The average molecular weight is 253 g/mol. The van der Waals surface area contributed by atoms with Gasteiger partial charge in [0.15, 0.2) is 0 Å². The third kappa shape index (κ3) is 7.86. The van der Waals surface area contributed by atoms with Crippen LogP contribution in [0.4, 0.5) is 0 Å². The summed E-state index contributed by atoms with van der Waals surface area (Å²) in [6.45, 7) is 2.25. The third-order valence-corrected chi connectivity index (χ3v) is 4.00. The van der Waals surface area contributed by atoms with Crippen molar-refractivity contribution < 1.29 is 4.79 Å². The van der Waals surface area contributed by atoms with Crippen molar-refractivity contribution >= 4 is 5.78 Å². The minimum atomic E-state index is 0.159. The van der Waals surface area contributed by atoms with Gasteiger partial charge in [0.25, 0.3) is 0 Å². The molecule has 1 aliphatic carbocycles.